The molecular formula is C18H25F2N3O2. The van der Waals surface area contributed by atoms with Gasteiger partial charge in [0, 0.05) is 31.6 Å². The van der Waals surface area contributed by atoms with Crippen LogP contribution in [0.4, 0.5) is 19.3 Å². The predicted octanol–water partition coefficient (Wildman–Crippen LogP) is 3.37. The summed E-state index contributed by atoms with van der Waals surface area (Å²) < 4.78 is 26.5. The maximum absolute atomic E-state index is 13.6. The summed E-state index contributed by atoms with van der Waals surface area (Å²) >= 11 is 0. The molecule has 1 aliphatic heterocycles. The Kier molecular flexibility index (Phi) is 6.73. The lowest BCUT2D eigenvalue weighted by Gasteiger charge is -2.32. The molecule has 0 aromatic heterocycles. The maximum atomic E-state index is 13.6. The first-order chi connectivity index (χ1) is 11.9. The van der Waals surface area contributed by atoms with Gasteiger partial charge in [0.1, 0.15) is 11.6 Å². The van der Waals surface area contributed by atoms with Crippen LogP contribution in [0.3, 0.4) is 0 Å². The van der Waals surface area contributed by atoms with E-state index in [1.807, 2.05) is 13.8 Å². The lowest BCUT2D eigenvalue weighted by atomic mass is 9.93. The summed E-state index contributed by atoms with van der Waals surface area (Å²) in [7, 11) is 0. The molecule has 0 aliphatic carbocycles. The maximum Gasteiger partial charge on any atom is 0.321 e. The molecule has 0 atom stereocenters. The van der Waals surface area contributed by atoms with Crippen LogP contribution in [-0.4, -0.2) is 36.5 Å². The van der Waals surface area contributed by atoms with Gasteiger partial charge in [0.15, 0.2) is 0 Å². The number of hydrogen-bond acceptors (Lipinski definition) is 2. The number of halogens is 2. The van der Waals surface area contributed by atoms with Crippen LogP contribution in [-0.2, 0) is 4.79 Å². The zero-order valence-corrected chi connectivity index (χ0v) is 14.6. The molecule has 3 amide bonds. The van der Waals surface area contributed by atoms with Crippen molar-refractivity contribution in [3.8, 4) is 0 Å². The van der Waals surface area contributed by atoms with Gasteiger partial charge >= 0.3 is 6.03 Å². The van der Waals surface area contributed by atoms with Crippen LogP contribution in [0, 0.1) is 23.5 Å². The van der Waals surface area contributed by atoms with E-state index in [1.54, 1.807) is 4.90 Å². The normalized spacial score (nSPS) is 15.3. The molecule has 0 bridgehead atoms. The molecule has 1 heterocycles. The molecule has 1 fully saturated rings. The van der Waals surface area contributed by atoms with Gasteiger partial charge in [0.25, 0.3) is 0 Å². The number of benzene rings is 1. The average Bonchev–Trinajstić information content (AvgIpc) is 2.57. The van der Waals surface area contributed by atoms with Crippen molar-refractivity contribution in [2.45, 2.75) is 33.1 Å². The Labute approximate surface area is 146 Å². The topological polar surface area (TPSA) is 61.4 Å². The summed E-state index contributed by atoms with van der Waals surface area (Å²) in [5.74, 6) is -0.973. The van der Waals surface area contributed by atoms with E-state index in [-0.39, 0.29) is 23.5 Å². The third-order valence-corrected chi connectivity index (χ3v) is 4.45. The van der Waals surface area contributed by atoms with E-state index < -0.39 is 11.6 Å². The first-order valence-corrected chi connectivity index (χ1v) is 8.65. The summed E-state index contributed by atoms with van der Waals surface area (Å²) in [5, 5.41) is 5.38. The highest BCUT2D eigenvalue weighted by atomic mass is 19.1. The van der Waals surface area contributed by atoms with E-state index in [9.17, 15) is 18.4 Å². The SMILES string of the molecule is CC(C)C(=O)NCCC1CCN(C(=O)Nc2ccc(F)cc2F)CC1. The van der Waals surface area contributed by atoms with Crippen LogP contribution in [0.2, 0.25) is 0 Å². The number of piperidine rings is 1. The number of rotatable bonds is 5. The Bertz CT molecular complexity index is 614. The van der Waals surface area contributed by atoms with Crippen molar-refractivity contribution in [3.05, 3.63) is 29.8 Å². The molecular weight excluding hydrogens is 328 g/mol. The zero-order chi connectivity index (χ0) is 18.4. The number of urea groups is 1. The number of carbonyl (C=O) groups excluding carboxylic acids is 2. The lowest BCUT2D eigenvalue weighted by Crippen LogP contribution is -2.41. The minimum Gasteiger partial charge on any atom is -0.356 e. The van der Waals surface area contributed by atoms with Crippen LogP contribution in [0.15, 0.2) is 18.2 Å². The first-order valence-electron chi connectivity index (χ1n) is 8.65. The van der Waals surface area contributed by atoms with Crippen LogP contribution in [0.1, 0.15) is 33.1 Å². The quantitative estimate of drug-likeness (QED) is 0.853. The Balaban J connectivity index is 1.74. The third kappa shape index (κ3) is 5.69. The Morgan fingerprint density at radius 3 is 2.52 bits per heavy atom. The largest absolute Gasteiger partial charge is 0.356 e. The highest BCUT2D eigenvalue weighted by Gasteiger charge is 2.23. The fourth-order valence-corrected chi connectivity index (χ4v) is 2.81. The lowest BCUT2D eigenvalue weighted by molar-refractivity contribution is -0.124. The van der Waals surface area contributed by atoms with Crippen molar-refractivity contribution in [3.63, 3.8) is 0 Å². The number of carbonyl (C=O) groups is 2. The summed E-state index contributed by atoms with van der Waals surface area (Å²) in [6.45, 7) is 5.52. The summed E-state index contributed by atoms with van der Waals surface area (Å²) in [4.78, 5) is 25.3. The van der Waals surface area contributed by atoms with Gasteiger partial charge in [-0.3, -0.25) is 4.79 Å². The second-order valence-electron chi connectivity index (χ2n) is 6.72. The molecule has 0 saturated carbocycles. The van der Waals surface area contributed by atoms with Crippen LogP contribution >= 0.6 is 0 Å². The highest BCUT2D eigenvalue weighted by molar-refractivity contribution is 5.89. The van der Waals surface area contributed by atoms with E-state index >= 15 is 0 Å². The fraction of sp³-hybridized carbons (Fsp3) is 0.556. The van der Waals surface area contributed by atoms with E-state index in [0.717, 1.165) is 31.4 Å². The molecule has 2 rings (SSSR count). The Morgan fingerprint density at radius 2 is 1.92 bits per heavy atom. The molecule has 1 saturated heterocycles. The molecule has 1 aromatic carbocycles. The van der Waals surface area contributed by atoms with Gasteiger partial charge in [-0.15, -0.1) is 0 Å². The number of nitrogens with one attached hydrogen (secondary N) is 2. The molecule has 0 radical (unpaired) electrons. The minimum atomic E-state index is -0.788. The van der Waals surface area contributed by atoms with Crippen LogP contribution in [0.5, 0.6) is 0 Å². The van der Waals surface area contributed by atoms with Crippen LogP contribution in [0.25, 0.3) is 0 Å². The molecule has 25 heavy (non-hydrogen) atoms. The zero-order valence-electron chi connectivity index (χ0n) is 14.6. The van der Waals surface area contributed by atoms with E-state index in [1.165, 1.54) is 6.07 Å². The van der Waals surface area contributed by atoms with E-state index in [0.29, 0.717) is 25.6 Å². The van der Waals surface area contributed by atoms with Crippen molar-refractivity contribution in [1.29, 1.82) is 0 Å². The smallest absolute Gasteiger partial charge is 0.321 e. The fourth-order valence-electron chi connectivity index (χ4n) is 2.81. The first kappa shape index (κ1) is 19.1. The molecule has 7 heteroatoms. The average molecular weight is 353 g/mol. The highest BCUT2D eigenvalue weighted by Crippen LogP contribution is 2.21. The van der Waals surface area contributed by atoms with Crippen molar-refractivity contribution in [2.24, 2.45) is 11.8 Å². The second kappa shape index (κ2) is 8.78. The van der Waals surface area contributed by atoms with E-state index in [4.69, 9.17) is 0 Å². The van der Waals surface area contributed by atoms with E-state index in [2.05, 4.69) is 10.6 Å². The molecule has 1 aromatic rings. The number of likely N-dealkylation sites (tertiary alicyclic amines) is 1. The standard InChI is InChI=1S/C18H25F2N3O2/c1-12(2)17(24)21-8-5-13-6-9-23(10-7-13)18(25)22-16-4-3-14(19)11-15(16)20/h3-4,11-13H,5-10H2,1-2H3,(H,21,24)(H,22,25). The molecule has 2 N–H and O–H groups in total. The number of hydrogen-bond donors (Lipinski definition) is 2. The molecule has 0 spiro atoms. The van der Waals surface area contributed by atoms with Gasteiger partial charge in [-0.05, 0) is 37.3 Å². The number of anilines is 1. The Hall–Kier alpha value is -2.18. The summed E-state index contributed by atoms with van der Waals surface area (Å²) in [6.07, 6.45) is 2.58. The van der Waals surface area contributed by atoms with Crippen molar-refractivity contribution in [1.82, 2.24) is 10.2 Å². The van der Waals surface area contributed by atoms with Crippen molar-refractivity contribution in [2.75, 3.05) is 25.0 Å². The molecule has 5 nitrogen and oxygen atoms in total. The number of amides is 3. The minimum absolute atomic E-state index is 0.0163. The van der Waals surface area contributed by atoms with Gasteiger partial charge in [0.05, 0.1) is 5.69 Å². The molecule has 1 aliphatic rings. The van der Waals surface area contributed by atoms with Gasteiger partial charge < -0.3 is 15.5 Å². The van der Waals surface area contributed by atoms with Gasteiger partial charge in [-0.2, -0.15) is 0 Å². The van der Waals surface area contributed by atoms with Gasteiger partial charge in [-0.1, -0.05) is 13.8 Å². The third-order valence-electron chi connectivity index (χ3n) is 4.45. The summed E-state index contributed by atoms with van der Waals surface area (Å²) in [5.41, 5.74) is -0.0232. The van der Waals surface area contributed by atoms with Gasteiger partial charge in [0.2, 0.25) is 5.91 Å². The van der Waals surface area contributed by atoms with Crippen LogP contribution < -0.4 is 10.6 Å². The summed E-state index contributed by atoms with van der Waals surface area (Å²) in [6, 6.07) is 2.69. The molecule has 138 valence electrons. The van der Waals surface area contributed by atoms with Crippen molar-refractivity contribution >= 4 is 17.6 Å². The number of nitrogens with zero attached hydrogens (tertiary/aromatic N) is 1. The molecule has 0 unspecified atom stereocenters. The predicted molar refractivity (Wildman–Crippen MR) is 92.1 cm³/mol. The monoisotopic (exact) mass is 353 g/mol. The van der Waals surface area contributed by atoms with Crippen molar-refractivity contribution < 1.29 is 18.4 Å². The van der Waals surface area contributed by atoms with Gasteiger partial charge in [-0.25, -0.2) is 13.6 Å². The second-order valence-corrected chi connectivity index (χ2v) is 6.72. The Morgan fingerprint density at radius 1 is 1.24 bits per heavy atom.